The van der Waals surface area contributed by atoms with Crippen LogP contribution in [0.3, 0.4) is 0 Å². The second-order valence-electron chi connectivity index (χ2n) is 6.20. The lowest BCUT2D eigenvalue weighted by Gasteiger charge is -2.54. The van der Waals surface area contributed by atoms with Gasteiger partial charge in [0, 0.05) is 5.41 Å². The summed E-state index contributed by atoms with van der Waals surface area (Å²) in [6, 6.07) is 5.62. The van der Waals surface area contributed by atoms with E-state index in [2.05, 4.69) is 0 Å². The zero-order valence-corrected chi connectivity index (χ0v) is 11.4. The molecule has 1 fully saturated rings. The Hall–Kier alpha value is -1.06. The van der Waals surface area contributed by atoms with E-state index in [9.17, 15) is 10.2 Å². The molecule has 2 unspecified atom stereocenters. The minimum Gasteiger partial charge on any atom is -0.508 e. The minimum atomic E-state index is -0.603. The summed E-state index contributed by atoms with van der Waals surface area (Å²) >= 11 is 0. The standard InChI is InChI=1S/C16H23NO2/c17-10-9-15-6-1-2-7-16(15,19)8-5-12-11-13(18)3-4-14(12)15/h3-4,11,18-19H,1-2,5-10,17H2. The zero-order valence-electron chi connectivity index (χ0n) is 11.4. The molecule has 0 saturated heterocycles. The minimum absolute atomic E-state index is 0.193. The van der Waals surface area contributed by atoms with Crippen molar-refractivity contribution in [3.8, 4) is 5.75 Å². The molecule has 0 aliphatic heterocycles. The maximum atomic E-state index is 11.2. The van der Waals surface area contributed by atoms with Gasteiger partial charge in [-0.1, -0.05) is 18.9 Å². The summed E-state index contributed by atoms with van der Waals surface area (Å²) in [6.45, 7) is 0.600. The van der Waals surface area contributed by atoms with Gasteiger partial charge in [-0.3, -0.25) is 0 Å². The Morgan fingerprint density at radius 2 is 1.95 bits per heavy atom. The Labute approximate surface area is 114 Å². The molecule has 1 aromatic rings. The van der Waals surface area contributed by atoms with Gasteiger partial charge in [-0.05, 0) is 61.9 Å². The molecule has 3 nitrogen and oxygen atoms in total. The molecule has 2 aliphatic rings. The van der Waals surface area contributed by atoms with Gasteiger partial charge in [0.15, 0.2) is 0 Å². The molecular formula is C16H23NO2. The van der Waals surface area contributed by atoms with Crippen LogP contribution in [-0.2, 0) is 11.8 Å². The second kappa shape index (κ2) is 4.50. The van der Waals surface area contributed by atoms with Crippen molar-refractivity contribution in [1.82, 2.24) is 0 Å². The van der Waals surface area contributed by atoms with E-state index < -0.39 is 5.60 Å². The van der Waals surface area contributed by atoms with E-state index in [1.165, 1.54) is 11.1 Å². The average Bonchev–Trinajstić information content (AvgIpc) is 2.39. The van der Waals surface area contributed by atoms with Crippen LogP contribution in [0.1, 0.15) is 49.7 Å². The van der Waals surface area contributed by atoms with Crippen molar-refractivity contribution in [2.45, 2.75) is 56.0 Å². The first-order valence-corrected chi connectivity index (χ1v) is 7.36. The number of aryl methyl sites for hydroxylation is 1. The van der Waals surface area contributed by atoms with Crippen LogP contribution in [0.2, 0.25) is 0 Å². The summed E-state index contributed by atoms with van der Waals surface area (Å²) in [7, 11) is 0. The van der Waals surface area contributed by atoms with Crippen molar-refractivity contribution >= 4 is 0 Å². The van der Waals surface area contributed by atoms with E-state index in [1.54, 1.807) is 6.07 Å². The maximum absolute atomic E-state index is 11.2. The number of rotatable bonds is 2. The number of phenolic OH excluding ortho intramolecular Hbond substituents is 1. The molecule has 1 saturated carbocycles. The molecule has 0 spiro atoms. The molecule has 104 valence electrons. The largest absolute Gasteiger partial charge is 0.508 e. The van der Waals surface area contributed by atoms with Gasteiger partial charge in [-0.15, -0.1) is 0 Å². The molecule has 1 aromatic carbocycles. The van der Waals surface area contributed by atoms with Gasteiger partial charge in [0.2, 0.25) is 0 Å². The first kappa shape index (κ1) is 12.9. The summed E-state index contributed by atoms with van der Waals surface area (Å²) in [6.07, 6.45) is 6.64. The van der Waals surface area contributed by atoms with Crippen molar-refractivity contribution in [2.24, 2.45) is 5.73 Å². The zero-order chi connectivity index (χ0) is 13.5. The Morgan fingerprint density at radius 1 is 1.16 bits per heavy atom. The van der Waals surface area contributed by atoms with Gasteiger partial charge in [-0.25, -0.2) is 0 Å². The summed E-state index contributed by atoms with van der Waals surface area (Å²) in [4.78, 5) is 0. The van der Waals surface area contributed by atoms with E-state index >= 15 is 0 Å². The molecule has 0 radical (unpaired) electrons. The highest BCUT2D eigenvalue weighted by molar-refractivity contribution is 5.45. The van der Waals surface area contributed by atoms with E-state index in [1.807, 2.05) is 12.1 Å². The lowest BCUT2D eigenvalue weighted by molar-refractivity contribution is -0.0862. The lowest BCUT2D eigenvalue weighted by Crippen LogP contribution is -2.57. The molecule has 0 bridgehead atoms. The van der Waals surface area contributed by atoms with Crippen LogP contribution in [-0.4, -0.2) is 22.4 Å². The summed E-state index contributed by atoms with van der Waals surface area (Å²) < 4.78 is 0. The second-order valence-corrected chi connectivity index (χ2v) is 6.20. The summed E-state index contributed by atoms with van der Waals surface area (Å²) in [5.74, 6) is 0.322. The first-order valence-electron chi connectivity index (χ1n) is 7.36. The number of benzene rings is 1. The highest BCUT2D eigenvalue weighted by Crippen LogP contribution is 2.54. The van der Waals surface area contributed by atoms with Gasteiger partial charge in [0.05, 0.1) is 5.60 Å². The number of hydrogen-bond donors (Lipinski definition) is 3. The predicted octanol–water partition coefficient (Wildman–Crippen LogP) is 2.23. The van der Waals surface area contributed by atoms with Crippen LogP contribution in [0.15, 0.2) is 18.2 Å². The van der Waals surface area contributed by atoms with Crippen LogP contribution in [0, 0.1) is 0 Å². The topological polar surface area (TPSA) is 66.5 Å². The van der Waals surface area contributed by atoms with Crippen molar-refractivity contribution < 1.29 is 10.2 Å². The van der Waals surface area contributed by atoms with Crippen LogP contribution in [0.5, 0.6) is 5.75 Å². The van der Waals surface area contributed by atoms with Crippen LogP contribution >= 0.6 is 0 Å². The fraction of sp³-hybridized carbons (Fsp3) is 0.625. The number of hydrogen-bond acceptors (Lipinski definition) is 3. The number of aromatic hydroxyl groups is 1. The molecule has 2 atom stereocenters. The number of aliphatic hydroxyl groups is 1. The predicted molar refractivity (Wildman–Crippen MR) is 75.2 cm³/mol. The first-order chi connectivity index (χ1) is 9.11. The molecule has 19 heavy (non-hydrogen) atoms. The molecule has 3 heteroatoms. The maximum Gasteiger partial charge on any atom is 0.115 e. The lowest BCUT2D eigenvalue weighted by atomic mass is 9.53. The molecular weight excluding hydrogens is 238 g/mol. The Balaban J connectivity index is 2.15. The van der Waals surface area contributed by atoms with Crippen LogP contribution in [0.4, 0.5) is 0 Å². The van der Waals surface area contributed by atoms with Crippen molar-refractivity contribution in [2.75, 3.05) is 6.54 Å². The van der Waals surface area contributed by atoms with Crippen molar-refractivity contribution in [1.29, 1.82) is 0 Å². The molecule has 4 N–H and O–H groups in total. The third kappa shape index (κ3) is 1.79. The van der Waals surface area contributed by atoms with Gasteiger partial charge < -0.3 is 15.9 Å². The van der Waals surface area contributed by atoms with E-state index in [0.717, 1.165) is 44.9 Å². The fourth-order valence-electron chi connectivity index (χ4n) is 4.40. The highest BCUT2D eigenvalue weighted by atomic mass is 16.3. The third-order valence-electron chi connectivity index (χ3n) is 5.32. The third-order valence-corrected chi connectivity index (χ3v) is 5.32. The van der Waals surface area contributed by atoms with Crippen molar-refractivity contribution in [3.05, 3.63) is 29.3 Å². The van der Waals surface area contributed by atoms with Crippen molar-refractivity contribution in [3.63, 3.8) is 0 Å². The Morgan fingerprint density at radius 3 is 2.74 bits per heavy atom. The van der Waals surface area contributed by atoms with E-state index in [-0.39, 0.29) is 5.41 Å². The molecule has 0 amide bonds. The van der Waals surface area contributed by atoms with Crippen LogP contribution < -0.4 is 5.73 Å². The molecule has 0 aromatic heterocycles. The van der Waals surface area contributed by atoms with Gasteiger partial charge in [-0.2, -0.15) is 0 Å². The van der Waals surface area contributed by atoms with E-state index in [4.69, 9.17) is 5.73 Å². The Bertz CT molecular complexity index is 484. The summed E-state index contributed by atoms with van der Waals surface area (Å²) in [5, 5.41) is 20.8. The van der Waals surface area contributed by atoms with Gasteiger partial charge in [0.25, 0.3) is 0 Å². The normalized spacial score (nSPS) is 33.6. The van der Waals surface area contributed by atoms with Crippen LogP contribution in [0.25, 0.3) is 0 Å². The SMILES string of the molecule is NCCC12CCCCC1(O)CCc1cc(O)ccc12. The summed E-state index contributed by atoms with van der Waals surface area (Å²) in [5.41, 5.74) is 7.47. The monoisotopic (exact) mass is 261 g/mol. The quantitative estimate of drug-likeness (QED) is 0.765. The van der Waals surface area contributed by atoms with Gasteiger partial charge in [0.1, 0.15) is 5.75 Å². The number of fused-ring (bicyclic) bond motifs is 3. The molecule has 2 aliphatic carbocycles. The number of phenols is 1. The van der Waals surface area contributed by atoms with E-state index in [0.29, 0.717) is 12.3 Å². The highest BCUT2D eigenvalue weighted by Gasteiger charge is 2.54. The fourth-order valence-corrected chi connectivity index (χ4v) is 4.40. The molecule has 3 rings (SSSR count). The average molecular weight is 261 g/mol. The smallest absolute Gasteiger partial charge is 0.115 e. The van der Waals surface area contributed by atoms with Gasteiger partial charge >= 0.3 is 0 Å². The Kier molecular flexibility index (Phi) is 3.06. The number of nitrogens with two attached hydrogens (primary N) is 1. The molecule has 0 heterocycles.